The van der Waals surface area contributed by atoms with Crippen LogP contribution in [0.2, 0.25) is 0 Å². The van der Waals surface area contributed by atoms with Crippen molar-refractivity contribution in [2.75, 3.05) is 18.5 Å². The number of hydrogen-bond acceptors (Lipinski definition) is 6. The molecular formula is C18H16ClF3N6O2. The van der Waals surface area contributed by atoms with Crippen LogP contribution in [-0.4, -0.2) is 46.3 Å². The van der Waals surface area contributed by atoms with E-state index in [4.69, 9.17) is 10.5 Å². The van der Waals surface area contributed by atoms with Crippen LogP contribution in [0.1, 0.15) is 16.1 Å². The highest BCUT2D eigenvalue weighted by Crippen LogP contribution is 2.38. The van der Waals surface area contributed by atoms with Crippen LogP contribution in [-0.2, 0) is 10.3 Å². The molecule has 2 aromatic heterocycles. The minimum atomic E-state index is -3.07. The summed E-state index contributed by atoms with van der Waals surface area (Å²) in [6.07, 6.45) is -0.215. The second kappa shape index (κ2) is 8.28. The van der Waals surface area contributed by atoms with E-state index in [1.165, 1.54) is 24.7 Å². The highest BCUT2D eigenvalue weighted by Gasteiger charge is 2.46. The number of H-pyrrole nitrogens is 1. The summed E-state index contributed by atoms with van der Waals surface area (Å²) in [5.41, 5.74) is 3.59. The number of aromatic amines is 1. The van der Waals surface area contributed by atoms with Gasteiger partial charge in [0.05, 0.1) is 6.61 Å². The fourth-order valence-corrected chi connectivity index (χ4v) is 3.12. The standard InChI is InChI=1S/C18H15F3N6O2.ClH/c19-12-2-1-10(4-11(12)18(17(20)21)7-29-6-14(22)27-18)25-16(28)13-3-9-5-23-8-24-15(9)26-13;/h1-5,8,17H,6-7H2,(H2,22,27)(H,25,28)(H,23,24,26);1H/t18-;/m0./s1. The van der Waals surface area contributed by atoms with E-state index in [1.54, 1.807) is 0 Å². The molecule has 8 nitrogen and oxygen atoms in total. The Hall–Kier alpha value is -3.18. The van der Waals surface area contributed by atoms with Crippen molar-refractivity contribution in [2.45, 2.75) is 12.0 Å². The van der Waals surface area contributed by atoms with Crippen molar-refractivity contribution in [3.63, 3.8) is 0 Å². The molecule has 0 unspecified atom stereocenters. The lowest BCUT2D eigenvalue weighted by Gasteiger charge is -2.33. The SMILES string of the molecule is Cl.NC1=N[C@@](c2cc(NC(=O)c3cc4cncnc4[nH]3)ccc2F)(C(F)F)COC1. The molecular weight excluding hydrogens is 425 g/mol. The Labute approximate surface area is 174 Å². The molecule has 158 valence electrons. The molecule has 3 aromatic rings. The van der Waals surface area contributed by atoms with Gasteiger partial charge in [-0.25, -0.2) is 23.1 Å². The van der Waals surface area contributed by atoms with Crippen LogP contribution in [0.25, 0.3) is 11.0 Å². The maximum Gasteiger partial charge on any atom is 0.272 e. The van der Waals surface area contributed by atoms with Crippen molar-refractivity contribution < 1.29 is 22.7 Å². The molecule has 1 amide bonds. The van der Waals surface area contributed by atoms with E-state index >= 15 is 0 Å². The number of amidine groups is 1. The van der Waals surface area contributed by atoms with Gasteiger partial charge in [-0.15, -0.1) is 12.4 Å². The predicted octanol–water partition coefficient (Wildman–Crippen LogP) is 2.62. The fourth-order valence-electron chi connectivity index (χ4n) is 3.12. The van der Waals surface area contributed by atoms with Gasteiger partial charge in [-0.3, -0.25) is 9.79 Å². The van der Waals surface area contributed by atoms with Gasteiger partial charge in [0.25, 0.3) is 12.3 Å². The minimum absolute atomic E-state index is 0. The first-order valence-electron chi connectivity index (χ1n) is 8.49. The Morgan fingerprint density at radius 2 is 2.13 bits per heavy atom. The van der Waals surface area contributed by atoms with Crippen LogP contribution in [0.4, 0.5) is 18.9 Å². The summed E-state index contributed by atoms with van der Waals surface area (Å²) in [5.74, 6) is -1.63. The number of halogens is 4. The summed E-state index contributed by atoms with van der Waals surface area (Å²) >= 11 is 0. The maximum atomic E-state index is 14.5. The summed E-state index contributed by atoms with van der Waals surface area (Å²) in [7, 11) is 0. The number of aliphatic imine (C=N–C) groups is 1. The average molecular weight is 441 g/mol. The van der Waals surface area contributed by atoms with Gasteiger partial charge in [-0.2, -0.15) is 0 Å². The molecule has 30 heavy (non-hydrogen) atoms. The predicted molar refractivity (Wildman–Crippen MR) is 106 cm³/mol. The lowest BCUT2D eigenvalue weighted by Crippen LogP contribution is -2.45. The highest BCUT2D eigenvalue weighted by atomic mass is 35.5. The molecule has 4 N–H and O–H groups in total. The highest BCUT2D eigenvalue weighted by molar-refractivity contribution is 6.05. The molecule has 0 radical (unpaired) electrons. The maximum absolute atomic E-state index is 14.5. The molecule has 12 heteroatoms. The Morgan fingerprint density at radius 3 is 2.83 bits per heavy atom. The third-order valence-electron chi connectivity index (χ3n) is 4.50. The van der Waals surface area contributed by atoms with Crippen molar-refractivity contribution in [1.29, 1.82) is 0 Å². The lowest BCUT2D eigenvalue weighted by molar-refractivity contribution is -0.0145. The summed E-state index contributed by atoms with van der Waals surface area (Å²) < 4.78 is 47.3. The minimum Gasteiger partial charge on any atom is -0.385 e. The molecule has 0 saturated carbocycles. The molecule has 1 aliphatic rings. The number of ether oxygens (including phenoxy) is 1. The smallest absolute Gasteiger partial charge is 0.272 e. The topological polar surface area (TPSA) is 118 Å². The van der Waals surface area contributed by atoms with Crippen molar-refractivity contribution >= 4 is 40.9 Å². The Balaban J connectivity index is 0.00000256. The Bertz CT molecular complexity index is 1090. The van der Waals surface area contributed by atoms with Crippen LogP contribution >= 0.6 is 12.4 Å². The average Bonchev–Trinajstić information content (AvgIpc) is 3.13. The number of benzene rings is 1. The molecule has 0 aliphatic carbocycles. The quantitative estimate of drug-likeness (QED) is 0.576. The van der Waals surface area contributed by atoms with E-state index in [9.17, 15) is 18.0 Å². The van der Waals surface area contributed by atoms with E-state index in [0.717, 1.165) is 12.1 Å². The zero-order valence-corrected chi connectivity index (χ0v) is 16.0. The van der Waals surface area contributed by atoms with E-state index < -0.39 is 35.9 Å². The molecule has 0 spiro atoms. The van der Waals surface area contributed by atoms with E-state index in [2.05, 4.69) is 25.3 Å². The summed E-state index contributed by atoms with van der Waals surface area (Å²) in [6.45, 7) is -0.657. The number of aromatic nitrogens is 3. The monoisotopic (exact) mass is 440 g/mol. The normalized spacial score (nSPS) is 18.7. The number of carbonyl (C=O) groups is 1. The first-order chi connectivity index (χ1) is 13.9. The van der Waals surface area contributed by atoms with Crippen LogP contribution in [0.3, 0.4) is 0 Å². The van der Waals surface area contributed by atoms with Crippen molar-refractivity contribution in [2.24, 2.45) is 10.7 Å². The number of rotatable bonds is 4. The third-order valence-corrected chi connectivity index (χ3v) is 4.50. The van der Waals surface area contributed by atoms with E-state index in [-0.39, 0.29) is 36.2 Å². The number of carbonyl (C=O) groups excluding carboxylic acids is 1. The van der Waals surface area contributed by atoms with Crippen LogP contribution in [0.15, 0.2) is 41.8 Å². The second-order valence-electron chi connectivity index (χ2n) is 6.48. The van der Waals surface area contributed by atoms with Gasteiger partial charge in [0.15, 0.2) is 5.54 Å². The first-order valence-corrected chi connectivity index (χ1v) is 8.49. The van der Waals surface area contributed by atoms with Gasteiger partial charge in [0, 0.05) is 22.8 Å². The van der Waals surface area contributed by atoms with Gasteiger partial charge in [-0.05, 0) is 24.3 Å². The molecule has 1 aromatic carbocycles. The number of nitrogens with two attached hydrogens (primary N) is 1. The van der Waals surface area contributed by atoms with Crippen molar-refractivity contribution in [1.82, 2.24) is 15.0 Å². The zero-order valence-electron chi connectivity index (χ0n) is 15.2. The summed E-state index contributed by atoms with van der Waals surface area (Å²) in [6, 6.07) is 4.88. The Morgan fingerprint density at radius 1 is 1.33 bits per heavy atom. The number of amides is 1. The van der Waals surface area contributed by atoms with Crippen LogP contribution in [0, 0.1) is 5.82 Å². The number of nitrogens with zero attached hydrogens (tertiary/aromatic N) is 3. The fraction of sp³-hybridized carbons (Fsp3) is 0.222. The Kier molecular flexibility index (Phi) is 5.94. The van der Waals surface area contributed by atoms with Gasteiger partial charge < -0.3 is 20.8 Å². The second-order valence-corrected chi connectivity index (χ2v) is 6.48. The number of alkyl halides is 2. The first kappa shape index (κ1) is 21.5. The molecule has 0 bridgehead atoms. The zero-order chi connectivity index (χ0) is 20.6. The molecule has 0 saturated heterocycles. The largest absolute Gasteiger partial charge is 0.385 e. The van der Waals surface area contributed by atoms with Gasteiger partial charge in [-0.1, -0.05) is 0 Å². The molecule has 3 heterocycles. The van der Waals surface area contributed by atoms with E-state index in [1.807, 2.05) is 0 Å². The lowest BCUT2D eigenvalue weighted by atomic mass is 9.90. The van der Waals surface area contributed by atoms with Crippen molar-refractivity contribution in [3.05, 3.63) is 53.9 Å². The number of hydrogen-bond donors (Lipinski definition) is 3. The number of fused-ring (bicyclic) bond motifs is 1. The molecule has 4 rings (SSSR count). The van der Waals surface area contributed by atoms with Crippen LogP contribution in [0.5, 0.6) is 0 Å². The van der Waals surface area contributed by atoms with Gasteiger partial charge in [0.1, 0.15) is 35.9 Å². The number of nitrogens with one attached hydrogen (secondary N) is 2. The third kappa shape index (κ3) is 3.81. The summed E-state index contributed by atoms with van der Waals surface area (Å²) in [4.78, 5) is 27.0. The number of anilines is 1. The summed E-state index contributed by atoms with van der Waals surface area (Å²) in [5, 5.41) is 3.17. The molecule has 0 fully saturated rings. The van der Waals surface area contributed by atoms with Gasteiger partial charge >= 0.3 is 0 Å². The van der Waals surface area contributed by atoms with E-state index in [0.29, 0.717) is 11.0 Å². The van der Waals surface area contributed by atoms with Gasteiger partial charge in [0.2, 0.25) is 0 Å². The van der Waals surface area contributed by atoms with Crippen molar-refractivity contribution in [3.8, 4) is 0 Å². The van der Waals surface area contributed by atoms with Crippen LogP contribution < -0.4 is 11.1 Å². The molecule has 1 atom stereocenters. The molecule has 1 aliphatic heterocycles.